The zero-order valence-corrected chi connectivity index (χ0v) is 12.7. The van der Waals surface area contributed by atoms with Crippen molar-refractivity contribution in [1.82, 2.24) is 15.5 Å². The van der Waals surface area contributed by atoms with Crippen molar-refractivity contribution in [2.75, 3.05) is 20.1 Å². The van der Waals surface area contributed by atoms with Crippen molar-refractivity contribution in [3.05, 3.63) is 35.9 Å². The Hall–Kier alpha value is -2.08. The Kier molecular flexibility index (Phi) is 6.68. The second kappa shape index (κ2) is 8.26. The topological polar surface area (TPSA) is 81.7 Å². The van der Waals surface area contributed by atoms with Crippen molar-refractivity contribution in [1.29, 1.82) is 0 Å². The smallest absolute Gasteiger partial charge is 0.330 e. The molecule has 1 atom stereocenters. The van der Waals surface area contributed by atoms with Crippen LogP contribution in [0, 0.1) is 0 Å². The average Bonchev–Trinajstić information content (AvgIpc) is 2.45. The van der Waals surface area contributed by atoms with Gasteiger partial charge in [0.25, 0.3) is 0 Å². The van der Waals surface area contributed by atoms with Gasteiger partial charge in [-0.2, -0.15) is 0 Å². The fraction of sp³-hybridized carbons (Fsp3) is 0.467. The highest BCUT2D eigenvalue weighted by molar-refractivity contribution is 5.83. The average molecular weight is 293 g/mol. The van der Waals surface area contributed by atoms with Crippen LogP contribution in [-0.4, -0.2) is 48.2 Å². The summed E-state index contributed by atoms with van der Waals surface area (Å²) < 4.78 is 0. The largest absolute Gasteiger partial charge is 0.479 e. The Balaban J connectivity index is 2.49. The van der Waals surface area contributed by atoms with Crippen LogP contribution in [0.3, 0.4) is 0 Å². The number of carboxylic acid groups (broad SMARTS) is 1. The number of benzene rings is 1. The van der Waals surface area contributed by atoms with E-state index in [0.717, 1.165) is 0 Å². The Morgan fingerprint density at radius 1 is 1.24 bits per heavy atom. The Bertz CT molecular complexity index is 462. The van der Waals surface area contributed by atoms with E-state index in [9.17, 15) is 14.7 Å². The van der Waals surface area contributed by atoms with Crippen LogP contribution < -0.4 is 10.6 Å². The fourth-order valence-corrected chi connectivity index (χ4v) is 1.72. The molecule has 0 fully saturated rings. The third-order valence-electron chi connectivity index (χ3n) is 3.29. The molecule has 116 valence electrons. The number of aliphatic carboxylic acids is 1. The summed E-state index contributed by atoms with van der Waals surface area (Å²) in [6.07, 6.45) is 0. The van der Waals surface area contributed by atoms with Crippen molar-refractivity contribution >= 4 is 12.0 Å². The van der Waals surface area contributed by atoms with E-state index in [1.807, 2.05) is 7.05 Å². The number of nitrogens with one attached hydrogen (secondary N) is 2. The summed E-state index contributed by atoms with van der Waals surface area (Å²) in [5.41, 5.74) is 0.541. The first-order valence-corrected chi connectivity index (χ1v) is 6.94. The first-order chi connectivity index (χ1) is 9.91. The summed E-state index contributed by atoms with van der Waals surface area (Å²) in [6.45, 7) is 5.29. The molecule has 6 heteroatoms. The van der Waals surface area contributed by atoms with Crippen molar-refractivity contribution in [3.63, 3.8) is 0 Å². The van der Waals surface area contributed by atoms with Crippen LogP contribution in [0.4, 0.5) is 4.79 Å². The summed E-state index contributed by atoms with van der Waals surface area (Å²) in [4.78, 5) is 25.1. The van der Waals surface area contributed by atoms with Crippen molar-refractivity contribution in [2.24, 2.45) is 0 Å². The maximum Gasteiger partial charge on any atom is 0.330 e. The van der Waals surface area contributed by atoms with E-state index < -0.39 is 18.0 Å². The molecule has 3 N–H and O–H groups in total. The zero-order chi connectivity index (χ0) is 15.8. The van der Waals surface area contributed by atoms with Crippen LogP contribution in [-0.2, 0) is 4.79 Å². The van der Waals surface area contributed by atoms with Crippen molar-refractivity contribution < 1.29 is 14.7 Å². The molecular formula is C15H23N3O3. The predicted octanol–water partition coefficient (Wildman–Crippen LogP) is 1.45. The van der Waals surface area contributed by atoms with Crippen molar-refractivity contribution in [2.45, 2.75) is 25.9 Å². The Morgan fingerprint density at radius 3 is 2.38 bits per heavy atom. The van der Waals surface area contributed by atoms with Gasteiger partial charge < -0.3 is 20.6 Å². The lowest BCUT2D eigenvalue weighted by atomic mass is 10.1. The fourth-order valence-electron chi connectivity index (χ4n) is 1.72. The molecule has 6 nitrogen and oxygen atoms in total. The number of rotatable bonds is 7. The summed E-state index contributed by atoms with van der Waals surface area (Å²) in [6, 6.07) is 7.48. The van der Waals surface area contributed by atoms with E-state index in [1.165, 1.54) is 0 Å². The van der Waals surface area contributed by atoms with E-state index in [0.29, 0.717) is 24.7 Å². The number of hydrogen-bond donors (Lipinski definition) is 3. The SMILES string of the molecule is CC(C)N(C)CCNC(=O)NC(C(=O)O)c1ccccc1. The lowest BCUT2D eigenvalue weighted by Crippen LogP contribution is -2.43. The minimum absolute atomic E-state index is 0.394. The molecule has 0 spiro atoms. The van der Waals surface area contributed by atoms with Gasteiger partial charge in [-0.1, -0.05) is 30.3 Å². The molecule has 0 aliphatic rings. The molecule has 2 amide bonds. The highest BCUT2D eigenvalue weighted by Gasteiger charge is 2.21. The number of carboxylic acids is 1. The number of carbonyl (C=O) groups is 2. The van der Waals surface area contributed by atoms with Gasteiger partial charge in [-0.3, -0.25) is 0 Å². The first kappa shape index (κ1) is 17.0. The van der Waals surface area contributed by atoms with Gasteiger partial charge in [0.2, 0.25) is 0 Å². The van der Waals surface area contributed by atoms with Crippen LogP contribution in [0.1, 0.15) is 25.5 Å². The molecular weight excluding hydrogens is 270 g/mol. The number of likely N-dealkylation sites (N-methyl/N-ethyl adjacent to an activating group) is 1. The second-order valence-electron chi connectivity index (χ2n) is 5.16. The van der Waals surface area contributed by atoms with Crippen molar-refractivity contribution in [3.8, 4) is 0 Å². The van der Waals surface area contributed by atoms with Gasteiger partial charge in [-0.15, -0.1) is 0 Å². The maximum atomic E-state index is 11.8. The standard InChI is InChI=1S/C15H23N3O3/c1-11(2)18(3)10-9-16-15(21)17-13(14(19)20)12-7-5-4-6-8-12/h4-8,11,13H,9-10H2,1-3H3,(H,19,20)(H2,16,17,21). The highest BCUT2D eigenvalue weighted by Crippen LogP contribution is 2.12. The van der Waals surface area contributed by atoms with Crippen LogP contribution in [0.15, 0.2) is 30.3 Å². The normalized spacial score (nSPS) is 12.2. The minimum Gasteiger partial charge on any atom is -0.479 e. The lowest BCUT2D eigenvalue weighted by molar-refractivity contribution is -0.139. The molecule has 0 radical (unpaired) electrons. The van der Waals surface area contributed by atoms with Crippen LogP contribution in [0.25, 0.3) is 0 Å². The molecule has 0 saturated heterocycles. The van der Waals surface area contributed by atoms with E-state index >= 15 is 0 Å². The van der Waals surface area contributed by atoms with Gasteiger partial charge >= 0.3 is 12.0 Å². The van der Waals surface area contributed by atoms with Crippen LogP contribution >= 0.6 is 0 Å². The van der Waals surface area contributed by atoms with Crippen LogP contribution in [0.2, 0.25) is 0 Å². The molecule has 0 heterocycles. The lowest BCUT2D eigenvalue weighted by Gasteiger charge is -2.21. The monoisotopic (exact) mass is 293 g/mol. The van der Waals surface area contributed by atoms with E-state index in [-0.39, 0.29) is 0 Å². The second-order valence-corrected chi connectivity index (χ2v) is 5.16. The zero-order valence-electron chi connectivity index (χ0n) is 12.7. The summed E-state index contributed by atoms with van der Waals surface area (Å²) >= 11 is 0. The molecule has 0 aliphatic carbocycles. The number of hydrogen-bond acceptors (Lipinski definition) is 3. The maximum absolute atomic E-state index is 11.8. The van der Waals surface area contributed by atoms with Gasteiger partial charge in [0.05, 0.1) is 0 Å². The number of nitrogens with zero attached hydrogens (tertiary/aromatic N) is 1. The third kappa shape index (κ3) is 5.83. The molecule has 0 bridgehead atoms. The number of urea groups is 1. The molecule has 21 heavy (non-hydrogen) atoms. The van der Waals surface area contributed by atoms with Gasteiger partial charge in [0.15, 0.2) is 6.04 Å². The third-order valence-corrected chi connectivity index (χ3v) is 3.29. The van der Waals surface area contributed by atoms with Gasteiger partial charge in [0.1, 0.15) is 0 Å². The molecule has 1 unspecified atom stereocenters. The molecule has 0 saturated carbocycles. The van der Waals surface area contributed by atoms with E-state index in [2.05, 4.69) is 29.4 Å². The van der Waals surface area contributed by atoms with Crippen LogP contribution in [0.5, 0.6) is 0 Å². The molecule has 0 aliphatic heterocycles. The minimum atomic E-state index is -1.09. The summed E-state index contributed by atoms with van der Waals surface area (Å²) in [5, 5.41) is 14.3. The van der Waals surface area contributed by atoms with E-state index in [4.69, 9.17) is 0 Å². The molecule has 1 aromatic carbocycles. The molecule has 1 aromatic rings. The summed E-state index contributed by atoms with van der Waals surface area (Å²) in [7, 11) is 1.97. The molecule has 0 aromatic heterocycles. The Labute approximate surface area is 125 Å². The highest BCUT2D eigenvalue weighted by atomic mass is 16.4. The summed E-state index contributed by atoms with van der Waals surface area (Å²) in [5.74, 6) is -1.09. The van der Waals surface area contributed by atoms with E-state index in [1.54, 1.807) is 30.3 Å². The number of carbonyl (C=O) groups excluding carboxylic acids is 1. The first-order valence-electron chi connectivity index (χ1n) is 6.94. The van der Waals surface area contributed by atoms with Gasteiger partial charge in [0, 0.05) is 19.1 Å². The quantitative estimate of drug-likeness (QED) is 0.711. The number of amides is 2. The van der Waals surface area contributed by atoms with Gasteiger partial charge in [-0.25, -0.2) is 9.59 Å². The molecule has 1 rings (SSSR count). The Morgan fingerprint density at radius 2 is 1.86 bits per heavy atom. The predicted molar refractivity (Wildman–Crippen MR) is 81.1 cm³/mol. The van der Waals surface area contributed by atoms with Gasteiger partial charge in [-0.05, 0) is 26.5 Å².